The highest BCUT2D eigenvalue weighted by Crippen LogP contribution is 2.15. The fourth-order valence-electron chi connectivity index (χ4n) is 1.97. The number of anilines is 1. The van der Waals surface area contributed by atoms with E-state index in [1.807, 2.05) is 30.3 Å². The number of nitrogens with zero attached hydrogens (tertiary/aromatic N) is 1. The molecule has 0 aromatic heterocycles. The van der Waals surface area contributed by atoms with Gasteiger partial charge >= 0.3 is 5.97 Å². The van der Waals surface area contributed by atoms with Gasteiger partial charge in [-0.3, -0.25) is 19.7 Å². The van der Waals surface area contributed by atoms with Crippen LogP contribution >= 0.6 is 12.4 Å². The van der Waals surface area contributed by atoms with Crippen LogP contribution in [0.1, 0.15) is 12.0 Å². The Morgan fingerprint density at radius 3 is 2.31 bits per heavy atom. The molecule has 0 aliphatic rings. The summed E-state index contributed by atoms with van der Waals surface area (Å²) in [5, 5.41) is 13.1. The van der Waals surface area contributed by atoms with E-state index in [0.29, 0.717) is 5.69 Å². The van der Waals surface area contributed by atoms with Crippen LogP contribution in [0.25, 0.3) is 0 Å². The Kier molecular flexibility index (Phi) is 8.20. The molecule has 0 spiro atoms. The van der Waals surface area contributed by atoms with Crippen LogP contribution in [-0.4, -0.2) is 22.8 Å². The average molecular weight is 380 g/mol. The number of non-ortho nitro benzene ring substituents is 1. The zero-order valence-electron chi connectivity index (χ0n) is 13.7. The molecule has 8 nitrogen and oxygen atoms in total. The number of hydrogen-bond donors (Lipinski definition) is 2. The fourth-order valence-corrected chi connectivity index (χ4v) is 1.97. The van der Waals surface area contributed by atoms with Gasteiger partial charge in [0.15, 0.2) is 0 Å². The van der Waals surface area contributed by atoms with E-state index in [9.17, 15) is 19.7 Å². The summed E-state index contributed by atoms with van der Waals surface area (Å²) < 4.78 is 5.07. The van der Waals surface area contributed by atoms with E-state index in [2.05, 4.69) is 5.32 Å². The van der Waals surface area contributed by atoms with Gasteiger partial charge in [-0.15, -0.1) is 12.4 Å². The molecule has 3 N–H and O–H groups in total. The van der Waals surface area contributed by atoms with Gasteiger partial charge in [-0.05, 0) is 17.7 Å². The maximum absolute atomic E-state index is 12.0. The number of carbonyl (C=O) groups excluding carboxylic acids is 2. The van der Waals surface area contributed by atoms with E-state index in [1.54, 1.807) is 0 Å². The van der Waals surface area contributed by atoms with Gasteiger partial charge < -0.3 is 15.8 Å². The predicted octanol–water partition coefficient (Wildman–Crippen LogP) is 2.42. The molecule has 0 saturated carbocycles. The van der Waals surface area contributed by atoms with E-state index in [4.69, 9.17) is 10.5 Å². The number of rotatable bonds is 7. The summed E-state index contributed by atoms with van der Waals surface area (Å²) in [7, 11) is 0. The summed E-state index contributed by atoms with van der Waals surface area (Å²) in [4.78, 5) is 33.7. The molecule has 0 radical (unpaired) electrons. The lowest BCUT2D eigenvalue weighted by Gasteiger charge is -2.12. The van der Waals surface area contributed by atoms with Crippen molar-refractivity contribution >= 4 is 35.7 Å². The van der Waals surface area contributed by atoms with Crippen molar-refractivity contribution in [2.24, 2.45) is 5.73 Å². The molecule has 9 heteroatoms. The monoisotopic (exact) mass is 379 g/mol. The zero-order valence-corrected chi connectivity index (χ0v) is 14.5. The van der Waals surface area contributed by atoms with E-state index >= 15 is 0 Å². The molecule has 138 valence electrons. The van der Waals surface area contributed by atoms with Crippen molar-refractivity contribution in [1.29, 1.82) is 0 Å². The number of amides is 1. The van der Waals surface area contributed by atoms with Gasteiger partial charge in [-0.25, -0.2) is 0 Å². The quantitative estimate of drug-likeness (QED) is 0.432. The van der Waals surface area contributed by atoms with Gasteiger partial charge in [0, 0.05) is 17.8 Å². The van der Waals surface area contributed by atoms with Gasteiger partial charge in [0.05, 0.1) is 17.4 Å². The lowest BCUT2D eigenvalue weighted by atomic mass is 10.2. The number of nitro groups is 1. The summed E-state index contributed by atoms with van der Waals surface area (Å²) in [5.41, 5.74) is 6.78. The highest BCUT2D eigenvalue weighted by Gasteiger charge is 2.19. The van der Waals surface area contributed by atoms with Gasteiger partial charge in [-0.1, -0.05) is 30.3 Å². The Balaban J connectivity index is 0.00000338. The van der Waals surface area contributed by atoms with E-state index in [0.717, 1.165) is 5.56 Å². The molecule has 1 amide bonds. The van der Waals surface area contributed by atoms with Crippen LogP contribution in [0.15, 0.2) is 54.6 Å². The molecule has 0 saturated heterocycles. The topological polar surface area (TPSA) is 125 Å². The zero-order chi connectivity index (χ0) is 18.2. The molecule has 2 rings (SSSR count). The number of hydrogen-bond acceptors (Lipinski definition) is 6. The van der Waals surface area contributed by atoms with Crippen LogP contribution < -0.4 is 11.1 Å². The third-order valence-electron chi connectivity index (χ3n) is 3.31. The number of halogens is 1. The van der Waals surface area contributed by atoms with Crippen molar-refractivity contribution in [3.8, 4) is 0 Å². The largest absolute Gasteiger partial charge is 0.461 e. The lowest BCUT2D eigenvalue weighted by Crippen LogP contribution is -2.37. The fraction of sp³-hybridized carbons (Fsp3) is 0.176. The molecule has 0 unspecified atom stereocenters. The Morgan fingerprint density at radius 1 is 1.12 bits per heavy atom. The molecule has 26 heavy (non-hydrogen) atoms. The van der Waals surface area contributed by atoms with Crippen LogP contribution in [0.2, 0.25) is 0 Å². The summed E-state index contributed by atoms with van der Waals surface area (Å²) in [6.45, 7) is 0.108. The molecule has 2 aromatic rings. The summed E-state index contributed by atoms with van der Waals surface area (Å²) in [6.07, 6.45) is -0.272. The predicted molar refractivity (Wildman–Crippen MR) is 97.8 cm³/mol. The third-order valence-corrected chi connectivity index (χ3v) is 3.31. The number of carbonyl (C=O) groups is 2. The molecule has 0 aliphatic carbocycles. The van der Waals surface area contributed by atoms with Gasteiger partial charge in [0.2, 0.25) is 5.91 Å². The molecular formula is C17H18ClN3O5. The number of nitrogens with two attached hydrogens (primary N) is 1. The maximum atomic E-state index is 12.0. The second-order valence-corrected chi connectivity index (χ2v) is 5.25. The SMILES string of the molecule is Cl.N[C@@H](CC(=O)OCc1ccccc1)C(=O)Nc1ccc([N+](=O)[O-])cc1. The van der Waals surface area contributed by atoms with Crippen molar-refractivity contribution in [2.45, 2.75) is 19.1 Å². The van der Waals surface area contributed by atoms with Gasteiger partial charge in [-0.2, -0.15) is 0 Å². The van der Waals surface area contributed by atoms with Crippen molar-refractivity contribution in [2.75, 3.05) is 5.32 Å². The lowest BCUT2D eigenvalue weighted by molar-refractivity contribution is -0.384. The van der Waals surface area contributed by atoms with Crippen molar-refractivity contribution < 1.29 is 19.2 Å². The number of nitrogens with one attached hydrogen (secondary N) is 1. The Morgan fingerprint density at radius 2 is 1.73 bits per heavy atom. The van der Waals surface area contributed by atoms with E-state index in [-0.39, 0.29) is 31.1 Å². The van der Waals surface area contributed by atoms with Crippen molar-refractivity contribution in [3.05, 3.63) is 70.3 Å². The standard InChI is InChI=1S/C17H17N3O5.ClH/c18-15(10-16(21)25-11-12-4-2-1-3-5-12)17(22)19-13-6-8-14(9-7-13)20(23)24;/h1-9,15H,10-11,18H2,(H,19,22);1H/t15-;/m0./s1. The minimum absolute atomic E-state index is 0. The summed E-state index contributed by atoms with van der Waals surface area (Å²) >= 11 is 0. The minimum atomic E-state index is -1.08. The number of nitro benzene ring substituents is 1. The van der Waals surface area contributed by atoms with E-state index in [1.165, 1.54) is 24.3 Å². The molecule has 0 aliphatic heterocycles. The highest BCUT2D eigenvalue weighted by molar-refractivity contribution is 5.96. The first-order chi connectivity index (χ1) is 12.0. The second kappa shape index (κ2) is 10.1. The average Bonchev–Trinajstić information content (AvgIpc) is 2.61. The molecular weight excluding hydrogens is 362 g/mol. The van der Waals surface area contributed by atoms with Gasteiger partial charge in [0.25, 0.3) is 5.69 Å². The van der Waals surface area contributed by atoms with Crippen LogP contribution in [0.3, 0.4) is 0 Å². The molecule has 0 fully saturated rings. The first-order valence-corrected chi connectivity index (χ1v) is 7.46. The third kappa shape index (κ3) is 6.50. The smallest absolute Gasteiger partial charge is 0.308 e. The van der Waals surface area contributed by atoms with E-state index < -0.39 is 22.8 Å². The Bertz CT molecular complexity index is 753. The minimum Gasteiger partial charge on any atom is -0.461 e. The van der Waals surface area contributed by atoms with Crippen molar-refractivity contribution in [1.82, 2.24) is 0 Å². The summed E-state index contributed by atoms with van der Waals surface area (Å²) in [5.74, 6) is -1.17. The van der Waals surface area contributed by atoms with Gasteiger partial charge in [0.1, 0.15) is 6.61 Å². The molecule has 0 bridgehead atoms. The van der Waals surface area contributed by atoms with Crippen molar-refractivity contribution in [3.63, 3.8) is 0 Å². The first kappa shape index (κ1) is 21.1. The Labute approximate surface area is 155 Å². The molecule has 1 atom stereocenters. The molecule has 0 heterocycles. The van der Waals surface area contributed by atoms with Crippen LogP contribution in [0.4, 0.5) is 11.4 Å². The summed E-state index contributed by atoms with van der Waals surface area (Å²) in [6, 6.07) is 13.3. The first-order valence-electron chi connectivity index (χ1n) is 7.46. The number of esters is 1. The number of ether oxygens (including phenoxy) is 1. The highest BCUT2D eigenvalue weighted by atomic mass is 35.5. The van der Waals surface area contributed by atoms with Crippen LogP contribution in [0.5, 0.6) is 0 Å². The molecule has 2 aromatic carbocycles. The van der Waals surface area contributed by atoms with Crippen LogP contribution in [0, 0.1) is 10.1 Å². The second-order valence-electron chi connectivity index (χ2n) is 5.25. The number of benzene rings is 2. The Hall–Kier alpha value is -2.97. The maximum Gasteiger partial charge on any atom is 0.308 e. The van der Waals surface area contributed by atoms with Crippen LogP contribution in [-0.2, 0) is 20.9 Å². The normalized spacial score (nSPS) is 11.0.